The fourth-order valence-corrected chi connectivity index (χ4v) is 2.12. The topological polar surface area (TPSA) is 107 Å². The Kier molecular flexibility index (Phi) is 6.62. The van der Waals surface area contributed by atoms with E-state index in [-0.39, 0.29) is 5.76 Å². The number of furan rings is 1. The molecule has 2 amide bonds. The van der Waals surface area contributed by atoms with Gasteiger partial charge in [0.25, 0.3) is 11.8 Å². The smallest absolute Gasteiger partial charge is 0.326 e. The van der Waals surface area contributed by atoms with Crippen molar-refractivity contribution in [3.8, 4) is 5.75 Å². The Morgan fingerprint density at radius 2 is 2.04 bits per heavy atom. The van der Waals surface area contributed by atoms with Gasteiger partial charge >= 0.3 is 5.97 Å². The molecule has 2 aromatic rings. The van der Waals surface area contributed by atoms with Crippen LogP contribution in [0.1, 0.15) is 17.5 Å². The Morgan fingerprint density at radius 3 is 2.69 bits per heavy atom. The maximum atomic E-state index is 12.2. The van der Waals surface area contributed by atoms with Crippen LogP contribution in [0.4, 0.5) is 5.69 Å². The summed E-state index contributed by atoms with van der Waals surface area (Å²) in [6, 6.07) is 7.72. The maximum Gasteiger partial charge on any atom is 0.326 e. The highest BCUT2D eigenvalue weighted by molar-refractivity contribution is 6.31. The Balaban J connectivity index is 1.85. The second-order valence-electron chi connectivity index (χ2n) is 5.13. The van der Waals surface area contributed by atoms with E-state index in [9.17, 15) is 14.4 Å². The third kappa shape index (κ3) is 5.25. The average molecular weight is 381 g/mol. The number of hydrogen-bond donors (Lipinski definition) is 2. The van der Waals surface area contributed by atoms with Crippen LogP contribution in [0.3, 0.4) is 0 Å². The van der Waals surface area contributed by atoms with Gasteiger partial charge in [-0.1, -0.05) is 11.6 Å². The molecule has 0 aliphatic heterocycles. The summed E-state index contributed by atoms with van der Waals surface area (Å²) < 4.78 is 15.0. The molecule has 1 aromatic carbocycles. The first-order valence-corrected chi connectivity index (χ1v) is 7.94. The van der Waals surface area contributed by atoms with Crippen LogP contribution in [0.2, 0.25) is 5.02 Å². The molecule has 26 heavy (non-hydrogen) atoms. The van der Waals surface area contributed by atoms with Crippen LogP contribution in [0.15, 0.2) is 41.0 Å². The zero-order valence-electron chi connectivity index (χ0n) is 14.1. The quantitative estimate of drug-likeness (QED) is 0.713. The lowest BCUT2D eigenvalue weighted by molar-refractivity contribution is -0.152. The van der Waals surface area contributed by atoms with Gasteiger partial charge in [-0.05, 0) is 37.3 Å². The molecule has 0 spiro atoms. The zero-order valence-corrected chi connectivity index (χ0v) is 14.8. The van der Waals surface area contributed by atoms with Crippen LogP contribution in [0.5, 0.6) is 5.75 Å². The van der Waals surface area contributed by atoms with Crippen molar-refractivity contribution in [2.24, 2.45) is 0 Å². The Labute approximate surface area is 154 Å². The van der Waals surface area contributed by atoms with E-state index in [4.69, 9.17) is 25.5 Å². The van der Waals surface area contributed by atoms with E-state index in [0.717, 1.165) is 0 Å². The first-order valence-electron chi connectivity index (χ1n) is 7.56. The summed E-state index contributed by atoms with van der Waals surface area (Å²) in [5, 5.41) is 5.30. The number of rotatable bonds is 7. The zero-order chi connectivity index (χ0) is 19.1. The molecule has 1 atom stereocenters. The largest absolute Gasteiger partial charge is 0.495 e. The van der Waals surface area contributed by atoms with Crippen LogP contribution in [0.25, 0.3) is 0 Å². The van der Waals surface area contributed by atoms with Gasteiger partial charge in [0.15, 0.2) is 11.9 Å². The fraction of sp³-hybridized carbons (Fsp3) is 0.235. The van der Waals surface area contributed by atoms with Crippen LogP contribution in [0, 0.1) is 0 Å². The molecule has 0 saturated carbocycles. The lowest BCUT2D eigenvalue weighted by atomic mass is 10.2. The van der Waals surface area contributed by atoms with Crippen molar-refractivity contribution in [2.75, 3.05) is 19.0 Å². The minimum Gasteiger partial charge on any atom is -0.495 e. The standard InChI is InChI=1S/C17H17ClN2O6/c1-10(16(22)20-12-8-11(18)5-6-13(12)24-2)26-15(21)9-19-17(23)14-4-3-7-25-14/h3-8,10H,9H2,1-2H3,(H,19,23)(H,20,22). The van der Waals surface area contributed by atoms with Crippen molar-refractivity contribution in [3.63, 3.8) is 0 Å². The first kappa shape index (κ1) is 19.3. The van der Waals surface area contributed by atoms with Gasteiger partial charge in [-0.2, -0.15) is 0 Å². The van der Waals surface area contributed by atoms with Crippen LogP contribution < -0.4 is 15.4 Å². The SMILES string of the molecule is COc1ccc(Cl)cc1NC(=O)C(C)OC(=O)CNC(=O)c1ccco1. The minimum absolute atomic E-state index is 0.0663. The third-order valence-electron chi connectivity index (χ3n) is 3.24. The number of methoxy groups -OCH3 is 1. The summed E-state index contributed by atoms with van der Waals surface area (Å²) in [6.07, 6.45) is 0.246. The summed E-state index contributed by atoms with van der Waals surface area (Å²) >= 11 is 5.89. The Morgan fingerprint density at radius 1 is 1.27 bits per heavy atom. The lowest BCUT2D eigenvalue weighted by Gasteiger charge is -2.15. The normalized spacial score (nSPS) is 11.3. The minimum atomic E-state index is -1.09. The van der Waals surface area contributed by atoms with Crippen molar-refractivity contribution in [3.05, 3.63) is 47.4 Å². The number of carbonyl (C=O) groups excluding carboxylic acids is 3. The molecule has 8 nitrogen and oxygen atoms in total. The van der Waals surface area contributed by atoms with Gasteiger partial charge in [-0.25, -0.2) is 0 Å². The van der Waals surface area contributed by atoms with Gasteiger partial charge in [0.2, 0.25) is 0 Å². The van der Waals surface area contributed by atoms with Gasteiger partial charge in [-0.15, -0.1) is 0 Å². The number of halogens is 1. The molecule has 1 unspecified atom stereocenters. The molecule has 0 aliphatic carbocycles. The van der Waals surface area contributed by atoms with Gasteiger partial charge < -0.3 is 24.5 Å². The van der Waals surface area contributed by atoms with E-state index in [1.165, 1.54) is 32.4 Å². The molecule has 0 aliphatic rings. The second-order valence-corrected chi connectivity index (χ2v) is 5.56. The number of hydrogen-bond acceptors (Lipinski definition) is 6. The lowest BCUT2D eigenvalue weighted by Crippen LogP contribution is -2.35. The Bertz CT molecular complexity index is 791. The number of amides is 2. The summed E-state index contributed by atoms with van der Waals surface area (Å²) in [5.41, 5.74) is 0.346. The first-order chi connectivity index (χ1) is 12.4. The van der Waals surface area contributed by atoms with Crippen LogP contribution in [-0.4, -0.2) is 37.5 Å². The van der Waals surface area contributed by atoms with Crippen molar-refractivity contribution >= 4 is 35.1 Å². The van der Waals surface area contributed by atoms with Crippen LogP contribution in [-0.2, 0) is 14.3 Å². The molecular formula is C17H17ClN2O6. The van der Waals surface area contributed by atoms with E-state index in [2.05, 4.69) is 10.6 Å². The van der Waals surface area contributed by atoms with E-state index >= 15 is 0 Å². The van der Waals surface area contributed by atoms with Crippen molar-refractivity contribution in [1.29, 1.82) is 0 Å². The van der Waals surface area contributed by atoms with Crippen molar-refractivity contribution in [2.45, 2.75) is 13.0 Å². The number of carbonyl (C=O) groups is 3. The highest BCUT2D eigenvalue weighted by Crippen LogP contribution is 2.27. The Hall–Kier alpha value is -3.00. The number of benzene rings is 1. The highest BCUT2D eigenvalue weighted by atomic mass is 35.5. The van der Waals surface area contributed by atoms with Crippen molar-refractivity contribution < 1.29 is 28.3 Å². The molecule has 2 N–H and O–H groups in total. The molecule has 0 radical (unpaired) electrons. The third-order valence-corrected chi connectivity index (χ3v) is 3.47. The van der Waals surface area contributed by atoms with E-state index in [1.54, 1.807) is 18.2 Å². The number of esters is 1. The predicted molar refractivity (Wildman–Crippen MR) is 93.2 cm³/mol. The van der Waals surface area contributed by atoms with E-state index < -0.39 is 30.4 Å². The monoisotopic (exact) mass is 380 g/mol. The molecule has 0 saturated heterocycles. The van der Waals surface area contributed by atoms with Gasteiger partial charge in [0, 0.05) is 5.02 Å². The molecule has 0 fully saturated rings. The average Bonchev–Trinajstić information content (AvgIpc) is 3.14. The second kappa shape index (κ2) is 8.91. The van der Waals surface area contributed by atoms with E-state index in [1.807, 2.05) is 0 Å². The summed E-state index contributed by atoms with van der Waals surface area (Å²) in [6.45, 7) is 0.996. The highest BCUT2D eigenvalue weighted by Gasteiger charge is 2.20. The maximum absolute atomic E-state index is 12.2. The van der Waals surface area contributed by atoms with Gasteiger partial charge in [0.1, 0.15) is 12.3 Å². The van der Waals surface area contributed by atoms with E-state index in [0.29, 0.717) is 16.5 Å². The molecule has 1 heterocycles. The molecule has 9 heteroatoms. The van der Waals surface area contributed by atoms with Gasteiger partial charge in [0.05, 0.1) is 19.1 Å². The molecule has 2 rings (SSSR count). The molecular weight excluding hydrogens is 364 g/mol. The summed E-state index contributed by atoms with van der Waals surface area (Å²) in [7, 11) is 1.45. The fourth-order valence-electron chi connectivity index (χ4n) is 1.95. The molecule has 1 aromatic heterocycles. The van der Waals surface area contributed by atoms with Gasteiger partial charge in [-0.3, -0.25) is 14.4 Å². The summed E-state index contributed by atoms with van der Waals surface area (Å²) in [5.74, 6) is -1.43. The summed E-state index contributed by atoms with van der Waals surface area (Å²) in [4.78, 5) is 35.6. The molecule has 138 valence electrons. The predicted octanol–water partition coefficient (Wildman–Crippen LogP) is 2.24. The van der Waals surface area contributed by atoms with Crippen molar-refractivity contribution in [1.82, 2.24) is 5.32 Å². The molecule has 0 bridgehead atoms. The number of anilines is 1. The number of nitrogens with one attached hydrogen (secondary N) is 2. The number of ether oxygens (including phenoxy) is 2. The van der Waals surface area contributed by atoms with Crippen LogP contribution >= 0.6 is 11.6 Å².